The molecule has 1 unspecified atom stereocenters. The number of nitrogens with two attached hydrogens (primary N) is 1. The van der Waals surface area contributed by atoms with Crippen LogP contribution in [0.2, 0.25) is 0 Å². The number of aliphatic hydroxyl groups excluding tert-OH is 1. The summed E-state index contributed by atoms with van der Waals surface area (Å²) in [5.41, 5.74) is 8.06. The average Bonchev–Trinajstić information content (AvgIpc) is 2.68. The largest absolute Gasteiger partial charge is 0.394 e. The Morgan fingerprint density at radius 3 is 2.86 bits per heavy atom. The zero-order valence-corrected chi connectivity index (χ0v) is 8.83. The molecule has 0 fully saturated rings. The Balaban J connectivity index is 2.40. The number of hydrogen-bond acceptors (Lipinski definition) is 2. The van der Waals surface area contributed by atoms with Crippen molar-refractivity contribution in [1.82, 2.24) is 4.57 Å². The van der Waals surface area contributed by atoms with Gasteiger partial charge in [0, 0.05) is 18.4 Å². The summed E-state index contributed by atoms with van der Waals surface area (Å²) in [6, 6.07) is 0.462. The van der Waals surface area contributed by atoms with Gasteiger partial charge in [0.2, 0.25) is 0 Å². The molecular weight excluding hydrogens is 176 g/mol. The van der Waals surface area contributed by atoms with Crippen molar-refractivity contribution in [1.29, 1.82) is 0 Å². The first-order valence-electron chi connectivity index (χ1n) is 5.17. The summed E-state index contributed by atoms with van der Waals surface area (Å²) in [5, 5.41) is 9.29. The van der Waals surface area contributed by atoms with Crippen molar-refractivity contribution in [3.63, 3.8) is 0 Å². The summed E-state index contributed by atoms with van der Waals surface area (Å²) < 4.78 is 2.17. The topological polar surface area (TPSA) is 51.2 Å². The lowest BCUT2D eigenvalue weighted by Crippen LogP contribution is -2.37. The standard InChI is InChI=1S/C11H18N2O/c1-8(2)13-5-9-3-4-11(12,7-14)10(9)6-13/h5-6,8,14H,3-4,7,12H2,1-2H3. The van der Waals surface area contributed by atoms with Crippen LogP contribution in [0.4, 0.5) is 0 Å². The van der Waals surface area contributed by atoms with Crippen molar-refractivity contribution in [3.8, 4) is 0 Å². The maximum Gasteiger partial charge on any atom is 0.0664 e. The predicted octanol–water partition coefficient (Wildman–Crippen LogP) is 1.16. The van der Waals surface area contributed by atoms with Crippen LogP contribution in [0.15, 0.2) is 12.4 Å². The predicted molar refractivity (Wildman–Crippen MR) is 56.1 cm³/mol. The first-order chi connectivity index (χ1) is 6.57. The van der Waals surface area contributed by atoms with Gasteiger partial charge in [-0.25, -0.2) is 0 Å². The molecule has 14 heavy (non-hydrogen) atoms. The molecule has 0 radical (unpaired) electrons. The van der Waals surface area contributed by atoms with Crippen LogP contribution in [0.3, 0.4) is 0 Å². The molecule has 1 aliphatic carbocycles. The Morgan fingerprint density at radius 2 is 2.29 bits per heavy atom. The Labute approximate surface area is 84.5 Å². The molecule has 1 aromatic heterocycles. The molecule has 3 nitrogen and oxygen atoms in total. The molecule has 0 aliphatic heterocycles. The van der Waals surface area contributed by atoms with Gasteiger partial charge in [-0.15, -0.1) is 0 Å². The maximum absolute atomic E-state index is 9.29. The molecule has 78 valence electrons. The molecule has 0 aromatic carbocycles. The van der Waals surface area contributed by atoms with Crippen LogP contribution in [-0.2, 0) is 12.0 Å². The Kier molecular flexibility index (Phi) is 2.16. The van der Waals surface area contributed by atoms with Gasteiger partial charge in [-0.2, -0.15) is 0 Å². The molecule has 1 aliphatic rings. The van der Waals surface area contributed by atoms with Crippen molar-refractivity contribution < 1.29 is 5.11 Å². The van der Waals surface area contributed by atoms with E-state index in [1.165, 1.54) is 5.56 Å². The second kappa shape index (κ2) is 3.11. The number of aliphatic hydroxyl groups is 1. The third kappa shape index (κ3) is 1.28. The molecule has 2 rings (SSSR count). The monoisotopic (exact) mass is 194 g/mol. The lowest BCUT2D eigenvalue weighted by atomic mass is 9.96. The third-order valence-electron chi connectivity index (χ3n) is 3.18. The van der Waals surface area contributed by atoms with Gasteiger partial charge < -0.3 is 15.4 Å². The zero-order chi connectivity index (χ0) is 10.3. The minimum atomic E-state index is -0.491. The smallest absolute Gasteiger partial charge is 0.0664 e. The minimum absolute atomic E-state index is 0.0438. The van der Waals surface area contributed by atoms with Crippen LogP contribution in [0.1, 0.15) is 37.4 Å². The van der Waals surface area contributed by atoms with Crippen LogP contribution in [0.5, 0.6) is 0 Å². The van der Waals surface area contributed by atoms with Crippen LogP contribution in [0, 0.1) is 0 Å². The van der Waals surface area contributed by atoms with Crippen LogP contribution in [-0.4, -0.2) is 16.3 Å². The molecule has 0 amide bonds. The van der Waals surface area contributed by atoms with Crippen molar-refractivity contribution in [2.45, 2.75) is 38.3 Å². The number of aromatic nitrogens is 1. The van der Waals surface area contributed by atoms with E-state index < -0.39 is 5.54 Å². The number of aryl methyl sites for hydroxylation is 1. The normalized spacial score (nSPS) is 25.8. The summed E-state index contributed by atoms with van der Waals surface area (Å²) in [6.45, 7) is 4.33. The highest BCUT2D eigenvalue weighted by Gasteiger charge is 2.35. The molecule has 1 heterocycles. The highest BCUT2D eigenvalue weighted by Crippen LogP contribution is 2.35. The molecule has 0 spiro atoms. The van der Waals surface area contributed by atoms with E-state index in [1.807, 2.05) is 0 Å². The Hall–Kier alpha value is -0.800. The molecule has 0 saturated heterocycles. The second-order valence-corrected chi connectivity index (χ2v) is 4.55. The SMILES string of the molecule is CC(C)n1cc2c(c1)C(N)(CO)CC2. The van der Waals surface area contributed by atoms with Crippen molar-refractivity contribution in [2.75, 3.05) is 6.61 Å². The van der Waals surface area contributed by atoms with Gasteiger partial charge in [0.05, 0.1) is 12.1 Å². The van der Waals surface area contributed by atoms with Crippen molar-refractivity contribution >= 4 is 0 Å². The Bertz CT molecular complexity index is 343. The average molecular weight is 194 g/mol. The van der Waals surface area contributed by atoms with E-state index in [4.69, 9.17) is 5.73 Å². The van der Waals surface area contributed by atoms with Crippen LogP contribution < -0.4 is 5.73 Å². The lowest BCUT2D eigenvalue weighted by Gasteiger charge is -2.21. The van der Waals surface area contributed by atoms with E-state index in [2.05, 4.69) is 30.8 Å². The van der Waals surface area contributed by atoms with Gasteiger partial charge >= 0.3 is 0 Å². The quantitative estimate of drug-likeness (QED) is 0.742. The summed E-state index contributed by atoms with van der Waals surface area (Å²) in [7, 11) is 0. The van der Waals surface area contributed by atoms with E-state index >= 15 is 0 Å². The zero-order valence-electron chi connectivity index (χ0n) is 8.83. The number of hydrogen-bond donors (Lipinski definition) is 2. The fourth-order valence-electron chi connectivity index (χ4n) is 2.12. The highest BCUT2D eigenvalue weighted by molar-refractivity contribution is 5.37. The fraction of sp³-hybridized carbons (Fsp3) is 0.636. The number of fused-ring (bicyclic) bond motifs is 1. The third-order valence-corrected chi connectivity index (χ3v) is 3.18. The number of nitrogens with zero attached hydrogens (tertiary/aromatic N) is 1. The summed E-state index contributed by atoms with van der Waals surface area (Å²) in [4.78, 5) is 0. The first-order valence-corrected chi connectivity index (χ1v) is 5.17. The van der Waals surface area contributed by atoms with Gasteiger partial charge in [-0.3, -0.25) is 0 Å². The van der Waals surface area contributed by atoms with Crippen molar-refractivity contribution in [2.24, 2.45) is 5.73 Å². The van der Waals surface area contributed by atoms with Gasteiger partial charge in [-0.1, -0.05) is 0 Å². The summed E-state index contributed by atoms with van der Waals surface area (Å²) >= 11 is 0. The summed E-state index contributed by atoms with van der Waals surface area (Å²) in [5.74, 6) is 0. The first kappa shape index (κ1) is 9.74. The number of rotatable bonds is 2. The maximum atomic E-state index is 9.29. The van der Waals surface area contributed by atoms with E-state index in [9.17, 15) is 5.11 Å². The summed E-state index contributed by atoms with van der Waals surface area (Å²) in [6.07, 6.45) is 6.10. The molecule has 3 heteroatoms. The van der Waals surface area contributed by atoms with Gasteiger partial charge in [0.25, 0.3) is 0 Å². The van der Waals surface area contributed by atoms with E-state index in [-0.39, 0.29) is 6.61 Å². The molecule has 3 N–H and O–H groups in total. The van der Waals surface area contributed by atoms with Gasteiger partial charge in [0.15, 0.2) is 0 Å². The van der Waals surface area contributed by atoms with E-state index in [1.54, 1.807) is 0 Å². The van der Waals surface area contributed by atoms with Gasteiger partial charge in [0.1, 0.15) is 0 Å². The lowest BCUT2D eigenvalue weighted by molar-refractivity contribution is 0.196. The molecule has 1 atom stereocenters. The Morgan fingerprint density at radius 1 is 1.57 bits per heavy atom. The minimum Gasteiger partial charge on any atom is -0.394 e. The molecule has 0 bridgehead atoms. The van der Waals surface area contributed by atoms with Crippen LogP contribution >= 0.6 is 0 Å². The molecule has 1 aromatic rings. The van der Waals surface area contributed by atoms with E-state index in [0.717, 1.165) is 18.4 Å². The fourth-order valence-corrected chi connectivity index (χ4v) is 2.12. The molecule has 0 saturated carbocycles. The molecular formula is C11H18N2O. The highest BCUT2D eigenvalue weighted by atomic mass is 16.3. The second-order valence-electron chi connectivity index (χ2n) is 4.55. The van der Waals surface area contributed by atoms with Crippen LogP contribution in [0.25, 0.3) is 0 Å². The van der Waals surface area contributed by atoms with Crippen molar-refractivity contribution in [3.05, 3.63) is 23.5 Å². The van der Waals surface area contributed by atoms with Gasteiger partial charge in [-0.05, 0) is 37.8 Å². The van der Waals surface area contributed by atoms with E-state index in [0.29, 0.717) is 6.04 Å².